The number of benzene rings is 1. The van der Waals surface area contributed by atoms with Crippen LogP contribution in [0.2, 0.25) is 0 Å². The molecule has 2 rings (SSSR count). The van der Waals surface area contributed by atoms with Crippen LogP contribution in [-0.2, 0) is 11.3 Å². The van der Waals surface area contributed by atoms with Gasteiger partial charge in [0.05, 0.1) is 0 Å². The van der Waals surface area contributed by atoms with E-state index in [9.17, 15) is 9.90 Å². The monoisotopic (exact) mass is 277 g/mol. The highest BCUT2D eigenvalue weighted by molar-refractivity contribution is 7.19. The lowest BCUT2D eigenvalue weighted by Crippen LogP contribution is -2.37. The van der Waals surface area contributed by atoms with Gasteiger partial charge in [0, 0.05) is 16.1 Å². The van der Waals surface area contributed by atoms with Crippen LogP contribution in [0.4, 0.5) is 0 Å². The van der Waals surface area contributed by atoms with E-state index in [2.05, 4.69) is 23.5 Å². The maximum Gasteiger partial charge on any atom is 0.320 e. The topological polar surface area (TPSA) is 49.3 Å². The number of rotatable bonds is 6. The van der Waals surface area contributed by atoms with Gasteiger partial charge >= 0.3 is 5.97 Å². The molecule has 4 heteroatoms. The molecular formula is C15H19NO2S. The Balaban J connectivity index is 2.02. The van der Waals surface area contributed by atoms with Gasteiger partial charge in [-0.2, -0.15) is 0 Å². The first kappa shape index (κ1) is 14.0. The zero-order valence-electron chi connectivity index (χ0n) is 11.2. The second kappa shape index (κ2) is 6.17. The van der Waals surface area contributed by atoms with Crippen molar-refractivity contribution >= 4 is 27.4 Å². The van der Waals surface area contributed by atoms with Crippen LogP contribution in [0.3, 0.4) is 0 Å². The fourth-order valence-corrected chi connectivity index (χ4v) is 3.11. The fraction of sp³-hybridized carbons (Fsp3) is 0.400. The van der Waals surface area contributed by atoms with E-state index in [0.717, 1.165) is 0 Å². The molecule has 3 nitrogen and oxygen atoms in total. The highest BCUT2D eigenvalue weighted by atomic mass is 32.1. The molecule has 2 N–H and O–H groups in total. The van der Waals surface area contributed by atoms with Gasteiger partial charge < -0.3 is 5.11 Å². The summed E-state index contributed by atoms with van der Waals surface area (Å²) in [6.45, 7) is 4.69. The molecule has 102 valence electrons. The van der Waals surface area contributed by atoms with E-state index in [4.69, 9.17) is 0 Å². The maximum absolute atomic E-state index is 11.2. The van der Waals surface area contributed by atoms with Crippen molar-refractivity contribution in [3.63, 3.8) is 0 Å². The Hall–Kier alpha value is -1.39. The summed E-state index contributed by atoms with van der Waals surface area (Å²) in [5.41, 5.74) is 0. The van der Waals surface area contributed by atoms with Crippen molar-refractivity contribution in [1.29, 1.82) is 0 Å². The fourth-order valence-electron chi connectivity index (χ4n) is 2.09. The number of carboxylic acids is 1. The van der Waals surface area contributed by atoms with E-state index in [-0.39, 0.29) is 0 Å². The van der Waals surface area contributed by atoms with E-state index in [0.29, 0.717) is 18.9 Å². The molecule has 0 saturated heterocycles. The van der Waals surface area contributed by atoms with Crippen molar-refractivity contribution in [2.24, 2.45) is 5.92 Å². The van der Waals surface area contributed by atoms with Crippen LogP contribution in [0.25, 0.3) is 10.1 Å². The van der Waals surface area contributed by atoms with Crippen molar-refractivity contribution in [3.8, 4) is 0 Å². The molecule has 0 unspecified atom stereocenters. The molecule has 2 aromatic rings. The van der Waals surface area contributed by atoms with E-state index in [1.54, 1.807) is 11.3 Å². The van der Waals surface area contributed by atoms with E-state index >= 15 is 0 Å². The third-order valence-electron chi connectivity index (χ3n) is 3.00. The molecule has 1 aromatic carbocycles. The molecular weight excluding hydrogens is 258 g/mol. The molecule has 1 heterocycles. The molecule has 0 spiro atoms. The summed E-state index contributed by atoms with van der Waals surface area (Å²) in [5.74, 6) is -0.397. The predicted molar refractivity (Wildman–Crippen MR) is 79.5 cm³/mol. The molecule has 0 aliphatic carbocycles. The van der Waals surface area contributed by atoms with Crippen molar-refractivity contribution in [2.75, 3.05) is 0 Å². The van der Waals surface area contributed by atoms with Crippen LogP contribution in [0.15, 0.2) is 30.3 Å². The minimum absolute atomic E-state index is 0.371. The van der Waals surface area contributed by atoms with Gasteiger partial charge in [0.2, 0.25) is 0 Å². The first-order chi connectivity index (χ1) is 9.06. The van der Waals surface area contributed by atoms with Gasteiger partial charge in [-0.15, -0.1) is 11.3 Å². The highest BCUT2D eigenvalue weighted by Gasteiger charge is 2.18. The van der Waals surface area contributed by atoms with Gasteiger partial charge in [-0.05, 0) is 29.9 Å². The van der Waals surface area contributed by atoms with Gasteiger partial charge in [0.25, 0.3) is 0 Å². The molecule has 19 heavy (non-hydrogen) atoms. The summed E-state index contributed by atoms with van der Waals surface area (Å²) in [7, 11) is 0. The molecule has 0 saturated carbocycles. The molecule has 1 aromatic heterocycles. The largest absolute Gasteiger partial charge is 0.480 e. The van der Waals surface area contributed by atoms with Crippen LogP contribution in [0, 0.1) is 5.92 Å². The van der Waals surface area contributed by atoms with Gasteiger partial charge in [-0.25, -0.2) is 0 Å². The number of hydrogen-bond donors (Lipinski definition) is 2. The van der Waals surface area contributed by atoms with E-state index < -0.39 is 12.0 Å². The number of thiophene rings is 1. The van der Waals surface area contributed by atoms with Gasteiger partial charge in [-0.3, -0.25) is 10.1 Å². The summed E-state index contributed by atoms with van der Waals surface area (Å²) in [6.07, 6.45) is 0.653. The van der Waals surface area contributed by atoms with Crippen LogP contribution in [-0.4, -0.2) is 17.1 Å². The SMILES string of the molecule is CC(C)C[C@@H](NCc1cc2ccccc2s1)C(=O)O. The van der Waals surface area contributed by atoms with Crippen LogP contribution in [0.1, 0.15) is 25.1 Å². The molecule has 0 aliphatic heterocycles. The van der Waals surface area contributed by atoms with Crippen molar-refractivity contribution < 1.29 is 9.90 Å². The normalized spacial score (nSPS) is 13.0. The second-order valence-electron chi connectivity index (χ2n) is 5.15. The third-order valence-corrected chi connectivity index (χ3v) is 4.12. The zero-order valence-corrected chi connectivity index (χ0v) is 12.0. The average Bonchev–Trinajstić information content (AvgIpc) is 2.76. The smallest absolute Gasteiger partial charge is 0.320 e. The molecule has 0 radical (unpaired) electrons. The maximum atomic E-state index is 11.2. The van der Waals surface area contributed by atoms with Crippen molar-refractivity contribution in [3.05, 3.63) is 35.2 Å². The van der Waals surface area contributed by atoms with Crippen LogP contribution >= 0.6 is 11.3 Å². The van der Waals surface area contributed by atoms with E-state index in [1.165, 1.54) is 15.0 Å². The minimum atomic E-state index is -0.769. The number of fused-ring (bicyclic) bond motifs is 1. The van der Waals surface area contributed by atoms with Gasteiger partial charge in [0.1, 0.15) is 6.04 Å². The Kier molecular flexibility index (Phi) is 4.56. The zero-order chi connectivity index (χ0) is 13.8. The predicted octanol–water partition coefficient (Wildman–Crippen LogP) is 3.49. The van der Waals surface area contributed by atoms with Crippen LogP contribution < -0.4 is 5.32 Å². The van der Waals surface area contributed by atoms with E-state index in [1.807, 2.05) is 26.0 Å². The number of aliphatic carboxylic acids is 1. The summed E-state index contributed by atoms with van der Waals surface area (Å²) in [4.78, 5) is 12.3. The third kappa shape index (κ3) is 3.78. The quantitative estimate of drug-likeness (QED) is 0.849. The molecule has 0 aliphatic rings. The Bertz CT molecular complexity index is 529. The molecule has 0 bridgehead atoms. The minimum Gasteiger partial charge on any atom is -0.480 e. The standard InChI is InChI=1S/C15H19NO2S/c1-10(2)7-13(15(17)18)16-9-12-8-11-5-3-4-6-14(11)19-12/h3-6,8,10,13,16H,7,9H2,1-2H3,(H,17,18)/t13-/m1/s1. The lowest BCUT2D eigenvalue weighted by Gasteiger charge is -2.15. The average molecular weight is 277 g/mol. The Morgan fingerprint density at radius 2 is 2.11 bits per heavy atom. The van der Waals surface area contributed by atoms with Gasteiger partial charge in [0.15, 0.2) is 0 Å². The van der Waals surface area contributed by atoms with Crippen LogP contribution in [0.5, 0.6) is 0 Å². The Morgan fingerprint density at radius 1 is 1.37 bits per heavy atom. The molecule has 0 amide bonds. The summed E-state index contributed by atoms with van der Waals surface area (Å²) < 4.78 is 1.25. The number of carbonyl (C=O) groups is 1. The Labute approximate surface area is 117 Å². The lowest BCUT2D eigenvalue weighted by molar-refractivity contribution is -0.139. The second-order valence-corrected chi connectivity index (χ2v) is 6.32. The first-order valence-corrected chi connectivity index (χ1v) is 7.31. The van der Waals surface area contributed by atoms with Gasteiger partial charge in [-0.1, -0.05) is 32.0 Å². The highest BCUT2D eigenvalue weighted by Crippen LogP contribution is 2.25. The lowest BCUT2D eigenvalue weighted by atomic mass is 10.0. The number of nitrogens with one attached hydrogen (secondary N) is 1. The molecule has 0 fully saturated rings. The van der Waals surface area contributed by atoms with Crippen molar-refractivity contribution in [2.45, 2.75) is 32.9 Å². The number of carboxylic acid groups (broad SMARTS) is 1. The summed E-state index contributed by atoms with van der Waals surface area (Å²) in [6, 6.07) is 9.87. The summed E-state index contributed by atoms with van der Waals surface area (Å²) in [5, 5.41) is 13.5. The Morgan fingerprint density at radius 3 is 2.74 bits per heavy atom. The first-order valence-electron chi connectivity index (χ1n) is 6.50. The summed E-state index contributed by atoms with van der Waals surface area (Å²) >= 11 is 1.71. The molecule has 1 atom stereocenters. The van der Waals surface area contributed by atoms with Crippen molar-refractivity contribution in [1.82, 2.24) is 5.32 Å². The number of hydrogen-bond acceptors (Lipinski definition) is 3.